The molecule has 0 saturated heterocycles. The zero-order valence-corrected chi connectivity index (χ0v) is 16.3. The van der Waals surface area contributed by atoms with Crippen LogP contribution in [0.2, 0.25) is 0 Å². The molecule has 0 spiro atoms. The van der Waals surface area contributed by atoms with Crippen molar-refractivity contribution >= 4 is 18.0 Å². The zero-order chi connectivity index (χ0) is 20.9. The molecular weight excluding hydrogens is 370 g/mol. The van der Waals surface area contributed by atoms with Crippen LogP contribution in [-0.2, 0) is 11.2 Å². The number of primary amides is 1. The van der Waals surface area contributed by atoms with Crippen LogP contribution in [0.1, 0.15) is 62.5 Å². The molecule has 0 aromatic carbocycles. The van der Waals surface area contributed by atoms with Gasteiger partial charge in [-0.1, -0.05) is 0 Å². The first-order valence-electron chi connectivity index (χ1n) is 9.13. The van der Waals surface area contributed by atoms with E-state index in [-0.39, 0.29) is 18.8 Å². The molecule has 0 atom stereocenters. The number of nitrogens with zero attached hydrogens (tertiary/aromatic N) is 3. The Morgan fingerprint density at radius 1 is 1.39 bits per heavy atom. The molecule has 154 valence electrons. The van der Waals surface area contributed by atoms with Crippen molar-refractivity contribution in [3.8, 4) is 0 Å². The summed E-state index contributed by atoms with van der Waals surface area (Å²) >= 11 is 0. The number of hydrogen-bond donors (Lipinski definition) is 1. The van der Waals surface area contributed by atoms with Crippen molar-refractivity contribution in [2.45, 2.75) is 64.4 Å². The molecule has 7 nitrogen and oxygen atoms in total. The topological polar surface area (TPSA) is 99.6 Å². The number of hydrogen-bond acceptors (Lipinski definition) is 5. The van der Waals surface area contributed by atoms with Gasteiger partial charge in [0.05, 0.1) is 18.1 Å². The summed E-state index contributed by atoms with van der Waals surface area (Å²) < 4.78 is 32.4. The minimum atomic E-state index is -2.49. The Morgan fingerprint density at radius 3 is 2.54 bits per heavy atom. The normalized spacial score (nSPS) is 16.9. The van der Waals surface area contributed by atoms with Crippen molar-refractivity contribution in [3.63, 3.8) is 0 Å². The first-order chi connectivity index (χ1) is 13.0. The largest absolute Gasteiger partial charge is 0.444 e. The smallest absolute Gasteiger partial charge is 0.405 e. The summed E-state index contributed by atoms with van der Waals surface area (Å²) in [6, 6.07) is 1.67. The van der Waals surface area contributed by atoms with E-state index in [1.807, 2.05) is 0 Å². The number of nitrogens with two attached hydrogens (primary N) is 1. The van der Waals surface area contributed by atoms with E-state index in [0.29, 0.717) is 30.5 Å². The summed E-state index contributed by atoms with van der Waals surface area (Å²) in [5.41, 5.74) is 6.20. The highest BCUT2D eigenvalue weighted by Gasteiger charge is 2.34. The van der Waals surface area contributed by atoms with Crippen molar-refractivity contribution in [1.82, 2.24) is 14.6 Å². The van der Waals surface area contributed by atoms with E-state index in [2.05, 4.69) is 14.8 Å². The summed E-state index contributed by atoms with van der Waals surface area (Å²) in [4.78, 5) is 25.1. The maximum absolute atomic E-state index is 13.1. The summed E-state index contributed by atoms with van der Waals surface area (Å²) in [7, 11) is 0. The highest BCUT2D eigenvalue weighted by Crippen LogP contribution is 2.37. The number of rotatable bonds is 3. The van der Waals surface area contributed by atoms with Crippen LogP contribution in [0.5, 0.6) is 0 Å². The number of carbonyl (C=O) groups excluding carboxylic acids is 2. The van der Waals surface area contributed by atoms with Gasteiger partial charge in [0.15, 0.2) is 11.9 Å². The third kappa shape index (κ3) is 6.86. The lowest BCUT2D eigenvalue weighted by atomic mass is 9.84. The molecule has 1 fully saturated rings. The second-order valence-corrected chi connectivity index (χ2v) is 7.98. The lowest BCUT2D eigenvalue weighted by Gasteiger charge is -2.27. The Kier molecular flexibility index (Phi) is 6.69. The van der Waals surface area contributed by atoms with Crippen LogP contribution in [-0.4, -0.2) is 38.5 Å². The monoisotopic (exact) mass is 396 g/mol. The molecule has 0 radical (unpaired) electrons. The van der Waals surface area contributed by atoms with Crippen molar-refractivity contribution < 1.29 is 23.1 Å². The average Bonchev–Trinajstić information content (AvgIpc) is 2.96. The van der Waals surface area contributed by atoms with E-state index in [1.165, 1.54) is 6.20 Å². The standard InChI is InChI=1S/C14H15F2N3O.C5H11NO2/c15-14(16)3-1-10(2-4-14)5-12-8-19-13(18-12)6-11(9-20)7-17-19;1-5(2,3)8-4(6)7/h6-10H,1-5H2;1-3H3,(H2,6,7). The van der Waals surface area contributed by atoms with E-state index >= 15 is 0 Å². The molecular formula is C19H26F2N4O3. The molecule has 2 N–H and O–H groups in total. The van der Waals surface area contributed by atoms with Gasteiger partial charge in [0.1, 0.15) is 5.60 Å². The van der Waals surface area contributed by atoms with Gasteiger partial charge < -0.3 is 10.5 Å². The first kappa shape index (κ1) is 21.7. The number of carbonyl (C=O) groups is 2. The second kappa shape index (κ2) is 8.62. The number of aldehydes is 1. The molecule has 2 aromatic rings. The highest BCUT2D eigenvalue weighted by atomic mass is 19.3. The Bertz CT molecular complexity index is 820. The molecule has 0 bridgehead atoms. The number of alkyl halides is 2. The minimum Gasteiger partial charge on any atom is -0.444 e. The Hall–Kier alpha value is -2.58. The third-order valence-electron chi connectivity index (χ3n) is 4.27. The molecule has 1 amide bonds. The number of fused-ring (bicyclic) bond motifs is 1. The molecule has 0 unspecified atom stereocenters. The Labute approximate surface area is 162 Å². The van der Waals surface area contributed by atoms with E-state index in [1.54, 1.807) is 37.5 Å². The number of aromatic nitrogens is 3. The van der Waals surface area contributed by atoms with Crippen LogP contribution in [0.3, 0.4) is 0 Å². The molecule has 28 heavy (non-hydrogen) atoms. The van der Waals surface area contributed by atoms with E-state index in [0.717, 1.165) is 12.0 Å². The van der Waals surface area contributed by atoms with Crippen LogP contribution in [0, 0.1) is 5.92 Å². The van der Waals surface area contributed by atoms with Gasteiger partial charge in [0, 0.05) is 18.4 Å². The zero-order valence-electron chi connectivity index (χ0n) is 16.3. The van der Waals surface area contributed by atoms with Crippen LogP contribution >= 0.6 is 0 Å². The molecule has 2 aromatic heterocycles. The predicted octanol–water partition coefficient (Wildman–Crippen LogP) is 3.79. The number of halogens is 2. The van der Waals surface area contributed by atoms with E-state index in [4.69, 9.17) is 5.73 Å². The average molecular weight is 396 g/mol. The molecule has 3 rings (SSSR count). The maximum Gasteiger partial charge on any atom is 0.405 e. The fourth-order valence-corrected chi connectivity index (χ4v) is 3.01. The van der Waals surface area contributed by atoms with Crippen LogP contribution in [0.4, 0.5) is 13.6 Å². The fraction of sp³-hybridized carbons (Fsp3) is 0.579. The quantitative estimate of drug-likeness (QED) is 0.796. The molecule has 9 heteroatoms. The fourth-order valence-electron chi connectivity index (χ4n) is 3.01. The van der Waals surface area contributed by atoms with Crippen molar-refractivity contribution in [2.24, 2.45) is 11.7 Å². The minimum absolute atomic E-state index is 0.0292. The van der Waals surface area contributed by atoms with Gasteiger partial charge >= 0.3 is 6.09 Å². The Morgan fingerprint density at radius 2 is 2.04 bits per heavy atom. The third-order valence-corrected chi connectivity index (χ3v) is 4.27. The second-order valence-electron chi connectivity index (χ2n) is 7.98. The molecule has 2 heterocycles. The maximum atomic E-state index is 13.1. The van der Waals surface area contributed by atoms with Crippen molar-refractivity contribution in [1.29, 1.82) is 0 Å². The van der Waals surface area contributed by atoms with Crippen molar-refractivity contribution in [3.05, 3.63) is 29.7 Å². The van der Waals surface area contributed by atoms with Crippen LogP contribution in [0.25, 0.3) is 5.65 Å². The lowest BCUT2D eigenvalue weighted by Crippen LogP contribution is -2.27. The van der Waals surface area contributed by atoms with Gasteiger partial charge in [0.25, 0.3) is 0 Å². The van der Waals surface area contributed by atoms with Crippen LogP contribution in [0.15, 0.2) is 18.5 Å². The van der Waals surface area contributed by atoms with Gasteiger partial charge in [0.2, 0.25) is 5.92 Å². The van der Waals surface area contributed by atoms with Gasteiger partial charge in [-0.05, 0) is 52.0 Å². The van der Waals surface area contributed by atoms with Gasteiger partial charge in [-0.2, -0.15) is 5.10 Å². The number of amides is 1. The summed E-state index contributed by atoms with van der Waals surface area (Å²) in [5.74, 6) is -2.24. The lowest BCUT2D eigenvalue weighted by molar-refractivity contribution is -0.0457. The molecule has 1 saturated carbocycles. The number of ether oxygens (including phenoxy) is 1. The van der Waals surface area contributed by atoms with Gasteiger partial charge in [-0.25, -0.2) is 23.1 Å². The van der Waals surface area contributed by atoms with E-state index < -0.39 is 17.6 Å². The van der Waals surface area contributed by atoms with Gasteiger partial charge in [-0.3, -0.25) is 4.79 Å². The summed E-state index contributed by atoms with van der Waals surface area (Å²) in [6.07, 6.45) is 4.99. The first-order valence-corrected chi connectivity index (χ1v) is 9.13. The van der Waals surface area contributed by atoms with Crippen LogP contribution < -0.4 is 5.73 Å². The summed E-state index contributed by atoms with van der Waals surface area (Å²) in [6.45, 7) is 5.28. The summed E-state index contributed by atoms with van der Waals surface area (Å²) in [5, 5.41) is 4.09. The SMILES string of the molecule is CC(C)(C)OC(N)=O.O=Cc1cnn2cc(CC3CCC(F)(F)CC3)nc2c1. The molecule has 1 aliphatic rings. The predicted molar refractivity (Wildman–Crippen MR) is 99.4 cm³/mol. The Balaban J connectivity index is 0.000000300. The van der Waals surface area contributed by atoms with Gasteiger partial charge in [-0.15, -0.1) is 0 Å². The highest BCUT2D eigenvalue weighted by molar-refractivity contribution is 5.75. The molecule has 1 aliphatic carbocycles. The van der Waals surface area contributed by atoms with Crippen molar-refractivity contribution in [2.75, 3.05) is 0 Å². The van der Waals surface area contributed by atoms with E-state index in [9.17, 15) is 18.4 Å². The molecule has 0 aliphatic heterocycles. The number of imidazole rings is 1.